The van der Waals surface area contributed by atoms with Crippen LogP contribution in [0.3, 0.4) is 0 Å². The Morgan fingerprint density at radius 2 is 2.23 bits per heavy atom. The summed E-state index contributed by atoms with van der Waals surface area (Å²) < 4.78 is 0. The Kier molecular flexibility index (Phi) is 3.24. The molecule has 0 heterocycles. The van der Waals surface area contributed by atoms with Crippen LogP contribution < -0.4 is 5.73 Å². The van der Waals surface area contributed by atoms with Crippen molar-refractivity contribution in [2.75, 3.05) is 6.54 Å². The van der Waals surface area contributed by atoms with Crippen LogP contribution in [-0.4, -0.2) is 6.54 Å². The third-order valence-electron chi connectivity index (χ3n) is 1.81. The van der Waals surface area contributed by atoms with Gasteiger partial charge in [0.15, 0.2) is 0 Å². The number of nitriles is 1. The zero-order valence-electron chi connectivity index (χ0n) is 7.62. The first-order valence-corrected chi connectivity index (χ1v) is 4.14. The summed E-state index contributed by atoms with van der Waals surface area (Å²) in [5, 5.41) is 8.79. The van der Waals surface area contributed by atoms with E-state index < -0.39 is 0 Å². The number of nitrogens with zero attached hydrogens (tertiary/aromatic N) is 1. The molecule has 0 aromatic heterocycles. The molecule has 0 atom stereocenters. The normalized spacial score (nSPS) is 11.0. The molecule has 1 aromatic carbocycles. The van der Waals surface area contributed by atoms with Gasteiger partial charge in [-0.15, -0.1) is 0 Å². The monoisotopic (exact) mass is 172 g/mol. The average Bonchev–Trinajstić information content (AvgIpc) is 2.18. The van der Waals surface area contributed by atoms with E-state index in [4.69, 9.17) is 11.0 Å². The highest BCUT2D eigenvalue weighted by Gasteiger charge is 1.96. The number of rotatable bonds is 2. The molecule has 0 fully saturated rings. The molecule has 0 unspecified atom stereocenters. The first-order valence-electron chi connectivity index (χ1n) is 4.14. The van der Waals surface area contributed by atoms with E-state index in [0.29, 0.717) is 12.1 Å². The van der Waals surface area contributed by atoms with Gasteiger partial charge in [-0.1, -0.05) is 29.8 Å². The molecular formula is C11H12N2. The Labute approximate surface area is 78.3 Å². The van der Waals surface area contributed by atoms with E-state index in [0.717, 1.165) is 11.1 Å². The molecule has 0 amide bonds. The largest absolute Gasteiger partial charge is 0.327 e. The van der Waals surface area contributed by atoms with Crippen LogP contribution >= 0.6 is 0 Å². The molecule has 0 aliphatic rings. The highest BCUT2D eigenvalue weighted by Crippen LogP contribution is 2.11. The Hall–Kier alpha value is -1.59. The third kappa shape index (κ3) is 2.43. The first-order chi connectivity index (χ1) is 6.27. The number of benzene rings is 1. The summed E-state index contributed by atoms with van der Waals surface area (Å²) >= 11 is 0. The van der Waals surface area contributed by atoms with Crippen LogP contribution in [0.15, 0.2) is 29.8 Å². The Bertz CT molecular complexity index is 359. The maximum absolute atomic E-state index is 8.79. The molecule has 0 saturated heterocycles. The summed E-state index contributed by atoms with van der Waals surface area (Å²) in [6.07, 6.45) is 1.94. The quantitative estimate of drug-likeness (QED) is 0.740. The second-order valence-corrected chi connectivity index (χ2v) is 2.89. The summed E-state index contributed by atoms with van der Waals surface area (Å²) in [7, 11) is 0. The SMILES string of the molecule is C/C(=C/c1ccccc1C#N)CN. The van der Waals surface area contributed by atoms with Gasteiger partial charge in [0.2, 0.25) is 0 Å². The lowest BCUT2D eigenvalue weighted by atomic mass is 10.1. The van der Waals surface area contributed by atoms with Crippen LogP contribution in [0.4, 0.5) is 0 Å². The topological polar surface area (TPSA) is 49.8 Å². The van der Waals surface area contributed by atoms with Gasteiger partial charge < -0.3 is 5.73 Å². The van der Waals surface area contributed by atoms with Crippen molar-refractivity contribution in [1.29, 1.82) is 5.26 Å². The van der Waals surface area contributed by atoms with Crippen LogP contribution in [0, 0.1) is 11.3 Å². The predicted octanol–water partition coefficient (Wildman–Crippen LogP) is 1.92. The first kappa shape index (κ1) is 9.50. The smallest absolute Gasteiger partial charge is 0.0997 e. The van der Waals surface area contributed by atoms with Crippen LogP contribution in [0.5, 0.6) is 0 Å². The van der Waals surface area contributed by atoms with Gasteiger partial charge in [-0.3, -0.25) is 0 Å². The van der Waals surface area contributed by atoms with E-state index in [-0.39, 0.29) is 0 Å². The lowest BCUT2D eigenvalue weighted by molar-refractivity contribution is 1.15. The molecule has 13 heavy (non-hydrogen) atoms. The highest BCUT2D eigenvalue weighted by molar-refractivity contribution is 5.59. The number of hydrogen-bond acceptors (Lipinski definition) is 2. The second-order valence-electron chi connectivity index (χ2n) is 2.89. The van der Waals surface area contributed by atoms with Crippen molar-refractivity contribution in [3.63, 3.8) is 0 Å². The molecular weight excluding hydrogens is 160 g/mol. The van der Waals surface area contributed by atoms with Crippen molar-refractivity contribution in [1.82, 2.24) is 0 Å². The maximum atomic E-state index is 8.79. The minimum absolute atomic E-state index is 0.528. The van der Waals surface area contributed by atoms with Crippen LogP contribution in [-0.2, 0) is 0 Å². The van der Waals surface area contributed by atoms with E-state index in [2.05, 4.69) is 6.07 Å². The maximum Gasteiger partial charge on any atom is 0.0997 e. The lowest BCUT2D eigenvalue weighted by Gasteiger charge is -1.98. The standard InChI is InChI=1S/C11H12N2/c1-9(7-12)6-10-4-2-3-5-11(10)8-13/h2-6H,7,12H2,1H3/b9-6-. The molecule has 66 valence electrons. The van der Waals surface area contributed by atoms with Gasteiger partial charge in [0, 0.05) is 6.54 Å². The van der Waals surface area contributed by atoms with E-state index in [9.17, 15) is 0 Å². The Morgan fingerprint density at radius 1 is 1.54 bits per heavy atom. The molecule has 2 heteroatoms. The van der Waals surface area contributed by atoms with Crippen LogP contribution in [0.1, 0.15) is 18.1 Å². The summed E-state index contributed by atoms with van der Waals surface area (Å²) in [6, 6.07) is 9.62. The van der Waals surface area contributed by atoms with Crippen molar-refractivity contribution in [2.45, 2.75) is 6.92 Å². The number of hydrogen-bond donors (Lipinski definition) is 1. The second kappa shape index (κ2) is 4.44. The molecule has 2 N–H and O–H groups in total. The van der Waals surface area contributed by atoms with Gasteiger partial charge in [0.1, 0.15) is 0 Å². The molecule has 0 aliphatic carbocycles. The summed E-state index contributed by atoms with van der Waals surface area (Å²) in [4.78, 5) is 0. The molecule has 1 rings (SSSR count). The van der Waals surface area contributed by atoms with Gasteiger partial charge in [-0.05, 0) is 18.6 Å². The van der Waals surface area contributed by atoms with Crippen LogP contribution in [0.25, 0.3) is 6.08 Å². The van der Waals surface area contributed by atoms with Crippen molar-refractivity contribution >= 4 is 6.08 Å². The van der Waals surface area contributed by atoms with Crippen molar-refractivity contribution < 1.29 is 0 Å². The van der Waals surface area contributed by atoms with Gasteiger partial charge in [-0.25, -0.2) is 0 Å². The van der Waals surface area contributed by atoms with Crippen molar-refractivity contribution in [3.05, 3.63) is 41.0 Å². The minimum Gasteiger partial charge on any atom is -0.327 e. The van der Waals surface area contributed by atoms with Crippen molar-refractivity contribution in [2.24, 2.45) is 5.73 Å². The minimum atomic E-state index is 0.528. The molecule has 2 nitrogen and oxygen atoms in total. The molecule has 0 radical (unpaired) electrons. The Balaban J connectivity index is 3.09. The fourth-order valence-corrected chi connectivity index (χ4v) is 1.05. The van der Waals surface area contributed by atoms with Gasteiger partial charge in [0.25, 0.3) is 0 Å². The average molecular weight is 172 g/mol. The summed E-state index contributed by atoms with van der Waals surface area (Å²) in [5.41, 5.74) is 8.16. The van der Waals surface area contributed by atoms with Crippen molar-refractivity contribution in [3.8, 4) is 6.07 Å². The molecule has 0 bridgehead atoms. The molecule has 0 aliphatic heterocycles. The zero-order chi connectivity index (χ0) is 9.68. The van der Waals surface area contributed by atoms with Crippen LogP contribution in [0.2, 0.25) is 0 Å². The van der Waals surface area contributed by atoms with E-state index in [1.54, 1.807) is 6.07 Å². The highest BCUT2D eigenvalue weighted by atomic mass is 14.5. The van der Waals surface area contributed by atoms with E-state index in [1.807, 2.05) is 31.2 Å². The fourth-order valence-electron chi connectivity index (χ4n) is 1.05. The van der Waals surface area contributed by atoms with E-state index >= 15 is 0 Å². The predicted molar refractivity (Wildman–Crippen MR) is 53.9 cm³/mol. The molecule has 0 spiro atoms. The van der Waals surface area contributed by atoms with Gasteiger partial charge in [-0.2, -0.15) is 5.26 Å². The lowest BCUT2D eigenvalue weighted by Crippen LogP contribution is -1.99. The zero-order valence-corrected chi connectivity index (χ0v) is 7.62. The Morgan fingerprint density at radius 3 is 2.85 bits per heavy atom. The van der Waals surface area contributed by atoms with Gasteiger partial charge >= 0.3 is 0 Å². The van der Waals surface area contributed by atoms with Gasteiger partial charge in [0.05, 0.1) is 11.6 Å². The number of nitrogens with two attached hydrogens (primary N) is 1. The summed E-state index contributed by atoms with van der Waals surface area (Å²) in [6.45, 7) is 2.48. The summed E-state index contributed by atoms with van der Waals surface area (Å²) in [5.74, 6) is 0. The molecule has 1 aromatic rings. The fraction of sp³-hybridized carbons (Fsp3) is 0.182. The van der Waals surface area contributed by atoms with E-state index in [1.165, 1.54) is 0 Å². The third-order valence-corrected chi connectivity index (χ3v) is 1.81. The molecule has 0 saturated carbocycles.